The van der Waals surface area contributed by atoms with Crippen LogP contribution in [0.2, 0.25) is 0 Å². The Balaban J connectivity index is 1.85. The van der Waals surface area contributed by atoms with Gasteiger partial charge in [-0.3, -0.25) is 4.79 Å². The Morgan fingerprint density at radius 2 is 2.13 bits per heavy atom. The Bertz CT molecular complexity index is 810. The number of hydrogen-bond acceptors (Lipinski definition) is 4. The van der Waals surface area contributed by atoms with E-state index in [0.717, 1.165) is 11.3 Å². The zero-order valence-corrected chi connectivity index (χ0v) is 13.3. The van der Waals surface area contributed by atoms with Gasteiger partial charge in [-0.2, -0.15) is 5.10 Å². The van der Waals surface area contributed by atoms with Gasteiger partial charge in [0.15, 0.2) is 11.3 Å². The Morgan fingerprint density at radius 3 is 2.87 bits per heavy atom. The fourth-order valence-electron chi connectivity index (χ4n) is 2.42. The van der Waals surface area contributed by atoms with Gasteiger partial charge in [-0.25, -0.2) is 9.50 Å². The lowest BCUT2D eigenvalue weighted by Gasteiger charge is -2.24. The molecule has 23 heavy (non-hydrogen) atoms. The second-order valence-electron chi connectivity index (χ2n) is 5.32. The predicted molar refractivity (Wildman–Crippen MR) is 86.5 cm³/mol. The van der Waals surface area contributed by atoms with Gasteiger partial charge in [-0.1, -0.05) is 12.1 Å². The number of ether oxygens (including phenoxy) is 1. The first-order chi connectivity index (χ1) is 11.1. The minimum Gasteiger partial charge on any atom is -0.497 e. The number of carbonyl (C=O) groups excluding carboxylic acids is 1. The van der Waals surface area contributed by atoms with Crippen LogP contribution < -0.4 is 4.74 Å². The van der Waals surface area contributed by atoms with Crippen LogP contribution in [0.3, 0.4) is 0 Å². The van der Waals surface area contributed by atoms with Gasteiger partial charge in [0.05, 0.1) is 13.2 Å². The summed E-state index contributed by atoms with van der Waals surface area (Å²) < 4.78 is 6.84. The average Bonchev–Trinajstić information content (AvgIpc) is 3.04. The standard InChI is InChI=1S/C17H18N4O2/c1-12(13-6-4-7-14(10-13)23-3)20(2)17(22)15-11-16-18-8-5-9-21(16)19-15/h4-12H,1-3H3/t12-/m1/s1. The Kier molecular flexibility index (Phi) is 3.97. The molecule has 0 radical (unpaired) electrons. The van der Waals surface area contributed by atoms with E-state index >= 15 is 0 Å². The number of methoxy groups -OCH3 is 1. The van der Waals surface area contributed by atoms with E-state index in [4.69, 9.17) is 4.74 Å². The molecular formula is C17H18N4O2. The highest BCUT2D eigenvalue weighted by Crippen LogP contribution is 2.24. The number of nitrogens with zero attached hydrogens (tertiary/aromatic N) is 4. The summed E-state index contributed by atoms with van der Waals surface area (Å²) in [6, 6.07) is 11.1. The van der Waals surface area contributed by atoms with Gasteiger partial charge in [-0.05, 0) is 30.7 Å². The Labute approximate surface area is 134 Å². The number of aromatic nitrogens is 3. The summed E-state index contributed by atoms with van der Waals surface area (Å²) in [6.45, 7) is 1.97. The summed E-state index contributed by atoms with van der Waals surface area (Å²) in [7, 11) is 3.40. The molecule has 0 spiro atoms. The van der Waals surface area contributed by atoms with Gasteiger partial charge in [0.25, 0.3) is 5.91 Å². The Hall–Kier alpha value is -2.89. The van der Waals surface area contributed by atoms with Crippen molar-refractivity contribution in [1.82, 2.24) is 19.5 Å². The number of amides is 1. The van der Waals surface area contributed by atoms with Gasteiger partial charge in [0.2, 0.25) is 0 Å². The van der Waals surface area contributed by atoms with Crippen LogP contribution in [0.25, 0.3) is 5.65 Å². The third-order valence-electron chi connectivity index (χ3n) is 3.93. The molecule has 6 nitrogen and oxygen atoms in total. The van der Waals surface area contributed by atoms with E-state index in [-0.39, 0.29) is 11.9 Å². The lowest BCUT2D eigenvalue weighted by atomic mass is 10.1. The molecule has 0 saturated carbocycles. The van der Waals surface area contributed by atoms with Crippen molar-refractivity contribution < 1.29 is 9.53 Å². The highest BCUT2D eigenvalue weighted by molar-refractivity contribution is 5.93. The van der Waals surface area contributed by atoms with Crippen LogP contribution in [0.5, 0.6) is 5.75 Å². The van der Waals surface area contributed by atoms with Gasteiger partial charge < -0.3 is 9.64 Å². The smallest absolute Gasteiger partial charge is 0.274 e. The third kappa shape index (κ3) is 2.88. The molecule has 3 aromatic rings. The maximum Gasteiger partial charge on any atom is 0.274 e. The lowest BCUT2D eigenvalue weighted by molar-refractivity contribution is 0.0736. The Morgan fingerprint density at radius 1 is 1.30 bits per heavy atom. The quantitative estimate of drug-likeness (QED) is 0.743. The van der Waals surface area contributed by atoms with Crippen LogP contribution in [0, 0.1) is 0 Å². The molecule has 118 valence electrons. The third-order valence-corrected chi connectivity index (χ3v) is 3.93. The largest absolute Gasteiger partial charge is 0.497 e. The average molecular weight is 310 g/mol. The molecule has 1 atom stereocenters. The summed E-state index contributed by atoms with van der Waals surface area (Å²) >= 11 is 0. The maximum atomic E-state index is 12.7. The first-order valence-corrected chi connectivity index (χ1v) is 7.31. The summed E-state index contributed by atoms with van der Waals surface area (Å²) in [5.41, 5.74) is 2.03. The van der Waals surface area contributed by atoms with Crippen molar-refractivity contribution in [3.05, 3.63) is 60.0 Å². The van der Waals surface area contributed by atoms with Crippen molar-refractivity contribution in [2.75, 3.05) is 14.2 Å². The molecule has 0 unspecified atom stereocenters. The van der Waals surface area contributed by atoms with Crippen LogP contribution in [0.15, 0.2) is 48.8 Å². The SMILES string of the molecule is COc1cccc([C@@H](C)N(C)C(=O)c2cc3ncccn3n2)c1. The lowest BCUT2D eigenvalue weighted by Crippen LogP contribution is -2.30. The van der Waals surface area contributed by atoms with E-state index in [1.807, 2.05) is 31.2 Å². The van der Waals surface area contributed by atoms with Crippen LogP contribution >= 0.6 is 0 Å². The van der Waals surface area contributed by atoms with Gasteiger partial charge in [0, 0.05) is 25.5 Å². The summed E-state index contributed by atoms with van der Waals surface area (Å²) in [4.78, 5) is 18.5. The summed E-state index contributed by atoms with van der Waals surface area (Å²) in [6.07, 6.45) is 3.44. The normalized spacial score (nSPS) is 12.1. The fraction of sp³-hybridized carbons (Fsp3) is 0.235. The van der Waals surface area contributed by atoms with Gasteiger partial charge in [-0.15, -0.1) is 0 Å². The molecule has 0 aliphatic heterocycles. The first kappa shape index (κ1) is 15.0. The monoisotopic (exact) mass is 310 g/mol. The van der Waals surface area contributed by atoms with E-state index in [1.165, 1.54) is 0 Å². The highest BCUT2D eigenvalue weighted by Gasteiger charge is 2.21. The topological polar surface area (TPSA) is 59.7 Å². The molecule has 2 heterocycles. The maximum absolute atomic E-state index is 12.7. The number of rotatable bonds is 4. The summed E-state index contributed by atoms with van der Waals surface area (Å²) in [5, 5.41) is 4.28. The number of carbonyl (C=O) groups is 1. The molecule has 0 fully saturated rings. The molecule has 0 aliphatic carbocycles. The first-order valence-electron chi connectivity index (χ1n) is 7.31. The van der Waals surface area contributed by atoms with Crippen LogP contribution in [0.1, 0.15) is 29.0 Å². The second kappa shape index (κ2) is 6.08. The van der Waals surface area contributed by atoms with E-state index in [9.17, 15) is 4.79 Å². The molecule has 6 heteroatoms. The number of benzene rings is 1. The van der Waals surface area contributed by atoms with Crippen LogP contribution in [-0.4, -0.2) is 39.6 Å². The zero-order valence-electron chi connectivity index (χ0n) is 13.3. The van der Waals surface area contributed by atoms with E-state index in [1.54, 1.807) is 48.1 Å². The van der Waals surface area contributed by atoms with Crippen molar-refractivity contribution in [2.24, 2.45) is 0 Å². The van der Waals surface area contributed by atoms with Crippen molar-refractivity contribution in [1.29, 1.82) is 0 Å². The van der Waals surface area contributed by atoms with Crippen molar-refractivity contribution in [3.63, 3.8) is 0 Å². The van der Waals surface area contributed by atoms with Gasteiger partial charge >= 0.3 is 0 Å². The van der Waals surface area contributed by atoms with E-state index in [0.29, 0.717) is 11.3 Å². The summed E-state index contributed by atoms with van der Waals surface area (Å²) in [5.74, 6) is 0.623. The minimum absolute atomic E-state index is 0.102. The van der Waals surface area contributed by atoms with Crippen molar-refractivity contribution in [3.8, 4) is 5.75 Å². The fourth-order valence-corrected chi connectivity index (χ4v) is 2.42. The van der Waals surface area contributed by atoms with E-state index in [2.05, 4.69) is 10.1 Å². The van der Waals surface area contributed by atoms with Crippen LogP contribution in [0.4, 0.5) is 0 Å². The molecule has 0 aliphatic rings. The predicted octanol–water partition coefficient (Wildman–Crippen LogP) is 2.57. The minimum atomic E-state index is -0.147. The highest BCUT2D eigenvalue weighted by atomic mass is 16.5. The molecule has 0 bridgehead atoms. The zero-order chi connectivity index (χ0) is 16.4. The van der Waals surface area contributed by atoms with Crippen LogP contribution in [-0.2, 0) is 0 Å². The number of hydrogen-bond donors (Lipinski definition) is 0. The second-order valence-corrected chi connectivity index (χ2v) is 5.32. The molecular weight excluding hydrogens is 292 g/mol. The molecule has 2 aromatic heterocycles. The molecule has 1 aromatic carbocycles. The molecule has 3 rings (SSSR count). The molecule has 0 N–H and O–H groups in total. The van der Waals surface area contributed by atoms with E-state index < -0.39 is 0 Å². The van der Waals surface area contributed by atoms with Gasteiger partial charge in [0.1, 0.15) is 5.75 Å². The molecule has 1 amide bonds. The van der Waals surface area contributed by atoms with Crippen molar-refractivity contribution in [2.45, 2.75) is 13.0 Å². The van der Waals surface area contributed by atoms with Crippen molar-refractivity contribution >= 4 is 11.6 Å². The molecule has 0 saturated heterocycles. The number of fused-ring (bicyclic) bond motifs is 1.